The molecule has 50 heavy (non-hydrogen) atoms. The van der Waals surface area contributed by atoms with Gasteiger partial charge in [0.05, 0.1) is 0 Å². The fraction of sp³-hybridized carbons (Fsp3) is 0.356. The van der Waals surface area contributed by atoms with Gasteiger partial charge >= 0.3 is 133 Å². The Labute approximate surface area is 340 Å². The van der Waals surface area contributed by atoms with Crippen LogP contribution in [-0.2, 0) is 43.5 Å². The molecule has 2 unspecified atom stereocenters. The number of benzene rings is 4. The zero-order chi connectivity index (χ0) is 34.6. The number of halogens is 4. The van der Waals surface area contributed by atoms with E-state index in [1.165, 1.54) is 109 Å². The van der Waals surface area contributed by atoms with Crippen molar-refractivity contribution >= 4 is 26.4 Å². The molecule has 264 valence electrons. The summed E-state index contributed by atoms with van der Waals surface area (Å²) in [6.07, 6.45) is 18.1. The summed E-state index contributed by atoms with van der Waals surface area (Å²) in [5.41, 5.74) is 14.3. The van der Waals surface area contributed by atoms with Crippen molar-refractivity contribution in [1.82, 2.24) is 0 Å². The van der Waals surface area contributed by atoms with Gasteiger partial charge in [0, 0.05) is 0 Å². The maximum absolute atomic E-state index is 5.88. The summed E-state index contributed by atoms with van der Waals surface area (Å²) in [6.45, 7) is 13.8. The molecular formula is C45H50Cl4Zr-2. The van der Waals surface area contributed by atoms with E-state index >= 15 is 0 Å². The first-order valence-electron chi connectivity index (χ1n) is 17.6. The van der Waals surface area contributed by atoms with Crippen LogP contribution in [0.1, 0.15) is 116 Å². The maximum atomic E-state index is 5.88. The Morgan fingerprint density at radius 1 is 0.760 bits per heavy atom. The van der Waals surface area contributed by atoms with E-state index in [1.807, 2.05) is 36.4 Å². The largest absolute Gasteiger partial charge is 1.00 e. The molecule has 0 bridgehead atoms. The minimum absolute atomic E-state index is 0. The second kappa shape index (κ2) is 22.4. The van der Waals surface area contributed by atoms with Gasteiger partial charge in [0.2, 0.25) is 0 Å². The summed E-state index contributed by atoms with van der Waals surface area (Å²) in [7, 11) is 0. The Balaban J connectivity index is 0.000000303. The Hall–Kier alpha value is -1.73. The van der Waals surface area contributed by atoms with Gasteiger partial charge in [-0.1, -0.05) is 77.5 Å². The molecule has 0 radical (unpaired) electrons. The molecule has 0 amide bonds. The number of fused-ring (bicyclic) bond motifs is 3. The first kappa shape index (κ1) is 44.4. The smallest absolute Gasteiger partial charge is 0.109 e. The standard InChI is InChI=1S/C25H33.C15H12Cl2.C5H5.2ClH.Zr/c1-7-9-16(3)22-14-24-20(11-18(22)5)13-21-12-19(6)23(15-25(21)24)17(4)10-8-2;16-14-8-4-12(5-9-14)2-1-3-13-6-10-15(17)11-7-13;1-2-4-5-3-1;;;/h11,14-17H,7-10,13H2,1-6H3;4-11H,2-3H2;1-3H,4H2;2*1H;/q-1;;-1;;;+2/p-2. The van der Waals surface area contributed by atoms with Crippen molar-refractivity contribution in [2.45, 2.75) is 105 Å². The van der Waals surface area contributed by atoms with Crippen molar-refractivity contribution in [3.8, 4) is 11.1 Å². The number of rotatable bonds is 10. The molecule has 5 heteroatoms. The molecule has 0 saturated heterocycles. The van der Waals surface area contributed by atoms with Gasteiger partial charge in [-0.3, -0.25) is 6.08 Å². The minimum atomic E-state index is 0. The molecule has 0 nitrogen and oxygen atoms in total. The molecule has 0 aliphatic heterocycles. The maximum Gasteiger partial charge on any atom is -0.109 e. The van der Waals surface area contributed by atoms with Crippen molar-refractivity contribution in [1.29, 1.82) is 0 Å². The van der Waals surface area contributed by atoms with Gasteiger partial charge in [0.15, 0.2) is 0 Å². The van der Waals surface area contributed by atoms with Gasteiger partial charge in [0.25, 0.3) is 0 Å². The van der Waals surface area contributed by atoms with Gasteiger partial charge in [-0.25, -0.2) is 12.2 Å². The van der Waals surface area contributed by atoms with Crippen LogP contribution in [0.5, 0.6) is 0 Å². The molecule has 2 aliphatic rings. The topological polar surface area (TPSA) is 0 Å². The molecule has 4 aromatic carbocycles. The Morgan fingerprint density at radius 3 is 1.74 bits per heavy atom. The Bertz CT molecular complexity index is 1590. The van der Waals surface area contributed by atoms with Crippen molar-refractivity contribution in [3.63, 3.8) is 0 Å². The van der Waals surface area contributed by atoms with E-state index in [9.17, 15) is 0 Å². The van der Waals surface area contributed by atoms with E-state index < -0.39 is 0 Å². The number of hydrogen-bond donors (Lipinski definition) is 0. The Morgan fingerprint density at radius 2 is 1.28 bits per heavy atom. The molecule has 0 saturated carbocycles. The van der Waals surface area contributed by atoms with Crippen LogP contribution in [0.25, 0.3) is 11.1 Å². The van der Waals surface area contributed by atoms with Gasteiger partial charge in [0.1, 0.15) is 0 Å². The molecule has 0 fully saturated rings. The van der Waals surface area contributed by atoms with Crippen molar-refractivity contribution in [2.75, 3.05) is 0 Å². The third-order valence-electron chi connectivity index (χ3n) is 9.30. The molecule has 6 rings (SSSR count). The van der Waals surface area contributed by atoms with Gasteiger partial charge in [-0.05, 0) is 42.4 Å². The Kier molecular flexibility index (Phi) is 19.9. The molecule has 0 aromatic heterocycles. The quantitative estimate of drug-likeness (QED) is 0.130. The van der Waals surface area contributed by atoms with Crippen LogP contribution >= 0.6 is 23.2 Å². The van der Waals surface area contributed by atoms with Crippen LogP contribution in [0.3, 0.4) is 0 Å². The minimum Gasteiger partial charge on any atom is -1.00 e. The van der Waals surface area contributed by atoms with Crippen LogP contribution in [0.4, 0.5) is 0 Å². The zero-order valence-corrected chi connectivity index (χ0v) is 35.9. The average molecular weight is 824 g/mol. The second-order valence-electron chi connectivity index (χ2n) is 13.4. The first-order chi connectivity index (χ1) is 23.1. The van der Waals surface area contributed by atoms with Gasteiger partial charge in [-0.15, -0.1) is 23.1 Å². The zero-order valence-electron chi connectivity index (χ0n) is 30.4. The third kappa shape index (κ3) is 13.0. The normalized spacial score (nSPS) is 13.0. The molecule has 0 heterocycles. The van der Waals surface area contributed by atoms with Crippen molar-refractivity contribution in [3.05, 3.63) is 152 Å². The summed E-state index contributed by atoms with van der Waals surface area (Å²) < 4.78 is 1.52. The van der Waals surface area contributed by atoms with Crippen LogP contribution in [0.15, 0.2) is 85.0 Å². The molecular weight excluding hydrogens is 774 g/mol. The number of hydrogen-bond acceptors (Lipinski definition) is 0. The molecule has 2 atom stereocenters. The van der Waals surface area contributed by atoms with E-state index in [2.05, 4.69) is 102 Å². The number of allylic oxidation sites excluding steroid dienone is 4. The van der Waals surface area contributed by atoms with Crippen LogP contribution in [-0.4, -0.2) is 3.21 Å². The van der Waals surface area contributed by atoms with E-state index in [4.69, 9.17) is 23.2 Å². The van der Waals surface area contributed by atoms with Crippen LogP contribution < -0.4 is 24.8 Å². The molecule has 0 N–H and O–H groups in total. The molecule has 4 aromatic rings. The summed E-state index contributed by atoms with van der Waals surface area (Å²) in [4.78, 5) is 0. The van der Waals surface area contributed by atoms with E-state index in [0.717, 1.165) is 35.7 Å². The monoisotopic (exact) mass is 820 g/mol. The predicted molar refractivity (Wildman–Crippen MR) is 207 cm³/mol. The second-order valence-corrected chi connectivity index (χ2v) is 16.0. The van der Waals surface area contributed by atoms with Gasteiger partial charge < -0.3 is 24.8 Å². The van der Waals surface area contributed by atoms with Crippen molar-refractivity contribution in [2.24, 2.45) is 0 Å². The molecule has 0 spiro atoms. The third-order valence-corrected chi connectivity index (χ3v) is 10.7. The summed E-state index contributed by atoms with van der Waals surface area (Å²) in [5, 5.41) is 1.59. The fourth-order valence-corrected chi connectivity index (χ4v) is 8.04. The van der Waals surface area contributed by atoms with Crippen molar-refractivity contribution < 1.29 is 49.0 Å². The summed E-state index contributed by atoms with van der Waals surface area (Å²) in [5.74, 6) is 1.27. The van der Waals surface area contributed by atoms with E-state index in [1.54, 1.807) is 0 Å². The average Bonchev–Trinajstić information content (AvgIpc) is 3.75. The SMILES string of the molecule is CCCC(C)c1cc2c([c-]c1C)Cc1cc(C)c(C(C)CCC)cc1-2.Clc1ccc(C[C](=[Zr+2])Cc2ccc(Cl)cc2)cc1.[C-]1=CC=CC1.[Cl-].[Cl-]. The van der Waals surface area contributed by atoms with Gasteiger partial charge in [-0.2, -0.15) is 23.8 Å². The van der Waals surface area contributed by atoms with Crippen LogP contribution in [0, 0.1) is 26.0 Å². The first-order valence-corrected chi connectivity index (χ1v) is 19.5. The predicted octanol–water partition coefficient (Wildman–Crippen LogP) is 7.29. The van der Waals surface area contributed by atoms with E-state index in [-0.39, 0.29) is 24.8 Å². The van der Waals surface area contributed by atoms with E-state index in [0.29, 0.717) is 11.8 Å². The van der Waals surface area contributed by atoms with Crippen LogP contribution in [0.2, 0.25) is 10.0 Å². The number of aryl methyl sites for hydroxylation is 2. The fourth-order valence-electron chi connectivity index (χ4n) is 6.79. The molecule has 2 aliphatic carbocycles. The summed E-state index contributed by atoms with van der Waals surface area (Å²) in [6, 6.07) is 27.3. The summed E-state index contributed by atoms with van der Waals surface area (Å²) >= 11 is 13.2.